The molecular weight excluding hydrogens is 863 g/mol. The Morgan fingerprint density at radius 1 is 0.239 bits per heavy atom. The second kappa shape index (κ2) is 15.2. The van der Waals surface area contributed by atoms with E-state index < -0.39 is 10.8 Å². The minimum absolute atomic E-state index is 0.642. The molecule has 0 bridgehead atoms. The average molecular weight is 906 g/mol. The highest BCUT2D eigenvalue weighted by Gasteiger charge is 2.53. The van der Waals surface area contributed by atoms with Crippen LogP contribution in [0.2, 0.25) is 0 Å². The lowest BCUT2D eigenvalue weighted by atomic mass is 9.66. The van der Waals surface area contributed by atoms with Crippen molar-refractivity contribution < 1.29 is 9.47 Å². The summed E-state index contributed by atoms with van der Waals surface area (Å²) in [6.45, 7) is 0. The summed E-state index contributed by atoms with van der Waals surface area (Å²) in [6.07, 6.45) is 0. The Balaban J connectivity index is 1.02. The number of ether oxygens (including phenoxy) is 2. The van der Waals surface area contributed by atoms with Gasteiger partial charge in [0.25, 0.3) is 0 Å². The topological polar surface area (TPSA) is 21.7 Å². The van der Waals surface area contributed by atoms with E-state index in [4.69, 9.17) is 9.47 Å². The highest BCUT2D eigenvalue weighted by atomic mass is 16.5. The summed E-state index contributed by atoms with van der Waals surface area (Å²) in [5.74, 6) is 3.43. The summed E-state index contributed by atoms with van der Waals surface area (Å²) in [6, 6.07) is 95.1. The standard InChI is InChI=1S/C68H43NO2/c1-2-19-44(20-3-1)45-21-18-22-46(41-45)49-23-8-15-34-62(49)69(47-37-39-65-60(42-47)67(58-32-13-16-35-63(58)70-65)54-28-9-4-24-50(54)51-25-5-10-29-55(51)67)48-38-40-66-61(43-48)68(59-33-14-17-36-64(59)71-66)56-30-11-6-26-52(56)53-27-7-12-31-57(53)68/h1-43H. The summed E-state index contributed by atoms with van der Waals surface area (Å²) < 4.78 is 14.0. The van der Waals surface area contributed by atoms with Crippen LogP contribution in [0.5, 0.6) is 23.0 Å². The molecule has 2 aliphatic carbocycles. The van der Waals surface area contributed by atoms with Crippen LogP contribution in [0.4, 0.5) is 17.1 Å². The number of para-hydroxylation sites is 3. The van der Waals surface area contributed by atoms with E-state index in [1.54, 1.807) is 0 Å². The largest absolute Gasteiger partial charge is 0.457 e. The first-order chi connectivity index (χ1) is 35.2. The SMILES string of the molecule is c1ccc(-c2cccc(-c3ccccc3N(c3ccc4c(c3)C3(c5ccccc5O4)c4ccccc4-c4ccccc43)c3ccc4c(c3)C3(c5ccccc5O4)c4ccccc4-c4ccccc43)c2)cc1. The third-order valence-electron chi connectivity index (χ3n) is 15.6. The monoisotopic (exact) mass is 905 g/mol. The molecule has 15 rings (SSSR count). The third-order valence-corrected chi connectivity index (χ3v) is 15.6. The van der Waals surface area contributed by atoms with Crippen molar-refractivity contribution in [2.45, 2.75) is 10.8 Å². The Labute approximate surface area is 413 Å². The predicted molar refractivity (Wildman–Crippen MR) is 287 cm³/mol. The molecule has 3 nitrogen and oxygen atoms in total. The van der Waals surface area contributed by atoms with Crippen molar-refractivity contribution in [3.05, 3.63) is 305 Å². The summed E-state index contributed by atoms with van der Waals surface area (Å²) >= 11 is 0. The second-order valence-electron chi connectivity index (χ2n) is 19.0. The molecule has 332 valence electrons. The van der Waals surface area contributed by atoms with Crippen molar-refractivity contribution >= 4 is 17.1 Å². The van der Waals surface area contributed by atoms with Gasteiger partial charge in [0.15, 0.2) is 0 Å². The van der Waals surface area contributed by atoms with Gasteiger partial charge in [0.05, 0.1) is 16.5 Å². The molecule has 0 saturated heterocycles. The zero-order valence-corrected chi connectivity index (χ0v) is 38.6. The number of hydrogen-bond donors (Lipinski definition) is 0. The molecule has 11 aromatic carbocycles. The van der Waals surface area contributed by atoms with Crippen molar-refractivity contribution in [1.82, 2.24) is 0 Å². The molecule has 11 aromatic rings. The van der Waals surface area contributed by atoms with Crippen LogP contribution in [0, 0.1) is 0 Å². The van der Waals surface area contributed by atoms with E-state index in [9.17, 15) is 0 Å². The fraction of sp³-hybridized carbons (Fsp3) is 0.0294. The van der Waals surface area contributed by atoms with Gasteiger partial charge in [0.1, 0.15) is 23.0 Å². The van der Waals surface area contributed by atoms with Crippen LogP contribution in [-0.4, -0.2) is 0 Å². The van der Waals surface area contributed by atoms with E-state index in [0.717, 1.165) is 73.4 Å². The molecule has 2 heterocycles. The lowest BCUT2D eigenvalue weighted by Crippen LogP contribution is -2.33. The predicted octanol–water partition coefficient (Wildman–Crippen LogP) is 17.4. The normalized spacial score (nSPS) is 14.1. The summed E-state index contributed by atoms with van der Waals surface area (Å²) in [5, 5.41) is 0. The van der Waals surface area contributed by atoms with Crippen LogP contribution in [0.3, 0.4) is 0 Å². The van der Waals surface area contributed by atoms with Crippen molar-refractivity contribution in [3.63, 3.8) is 0 Å². The maximum atomic E-state index is 6.99. The Morgan fingerprint density at radius 2 is 0.606 bits per heavy atom. The van der Waals surface area contributed by atoms with E-state index in [-0.39, 0.29) is 0 Å². The van der Waals surface area contributed by atoms with E-state index >= 15 is 0 Å². The second-order valence-corrected chi connectivity index (χ2v) is 19.0. The molecule has 0 saturated carbocycles. The summed E-state index contributed by atoms with van der Waals surface area (Å²) in [4.78, 5) is 2.47. The highest BCUT2D eigenvalue weighted by molar-refractivity contribution is 5.94. The van der Waals surface area contributed by atoms with Gasteiger partial charge in [-0.25, -0.2) is 0 Å². The molecular formula is C68H43NO2. The number of fused-ring (bicyclic) bond motifs is 18. The van der Waals surface area contributed by atoms with Gasteiger partial charge in [-0.15, -0.1) is 0 Å². The molecule has 2 aliphatic heterocycles. The van der Waals surface area contributed by atoms with Crippen LogP contribution in [-0.2, 0) is 10.8 Å². The van der Waals surface area contributed by atoms with Crippen LogP contribution in [0.1, 0.15) is 44.5 Å². The molecule has 4 aliphatic rings. The van der Waals surface area contributed by atoms with Crippen molar-refractivity contribution in [3.8, 4) is 67.5 Å². The summed E-state index contributed by atoms with van der Waals surface area (Å²) in [7, 11) is 0. The Morgan fingerprint density at radius 3 is 1.10 bits per heavy atom. The van der Waals surface area contributed by atoms with Gasteiger partial charge in [-0.05, 0) is 122 Å². The van der Waals surface area contributed by atoms with Crippen molar-refractivity contribution in [1.29, 1.82) is 0 Å². The lowest BCUT2D eigenvalue weighted by Gasteiger charge is -2.41. The van der Waals surface area contributed by atoms with Gasteiger partial charge < -0.3 is 14.4 Å². The molecule has 0 N–H and O–H groups in total. The lowest BCUT2D eigenvalue weighted by molar-refractivity contribution is 0.436. The van der Waals surface area contributed by atoms with Gasteiger partial charge in [-0.2, -0.15) is 0 Å². The number of hydrogen-bond acceptors (Lipinski definition) is 3. The maximum Gasteiger partial charge on any atom is 0.132 e. The molecule has 0 atom stereocenters. The third kappa shape index (κ3) is 5.49. The van der Waals surface area contributed by atoms with Crippen LogP contribution in [0.15, 0.2) is 261 Å². The first-order valence-electron chi connectivity index (χ1n) is 24.5. The molecule has 0 aromatic heterocycles. The van der Waals surface area contributed by atoms with Gasteiger partial charge in [0, 0.05) is 39.2 Å². The molecule has 0 fully saturated rings. The van der Waals surface area contributed by atoms with Gasteiger partial charge in [-0.1, -0.05) is 200 Å². The first-order valence-corrected chi connectivity index (χ1v) is 24.5. The number of nitrogens with zero attached hydrogens (tertiary/aromatic N) is 1. The van der Waals surface area contributed by atoms with Crippen molar-refractivity contribution in [2.75, 3.05) is 4.90 Å². The van der Waals surface area contributed by atoms with E-state index in [1.807, 2.05) is 0 Å². The fourth-order valence-electron chi connectivity index (χ4n) is 12.8. The molecule has 0 radical (unpaired) electrons. The highest BCUT2D eigenvalue weighted by Crippen LogP contribution is 2.65. The smallest absolute Gasteiger partial charge is 0.132 e. The average Bonchev–Trinajstić information content (AvgIpc) is 3.90. The van der Waals surface area contributed by atoms with E-state index in [1.165, 1.54) is 55.6 Å². The van der Waals surface area contributed by atoms with Crippen LogP contribution in [0.25, 0.3) is 44.5 Å². The van der Waals surface area contributed by atoms with Gasteiger partial charge in [0.2, 0.25) is 0 Å². The Bertz CT molecular complexity index is 3690. The molecule has 3 heteroatoms. The molecule has 71 heavy (non-hydrogen) atoms. The zero-order valence-electron chi connectivity index (χ0n) is 38.6. The maximum absolute atomic E-state index is 6.99. The van der Waals surface area contributed by atoms with Crippen LogP contribution >= 0.6 is 0 Å². The summed E-state index contributed by atoms with van der Waals surface area (Å²) in [5.41, 5.74) is 20.8. The quantitative estimate of drug-likeness (QED) is 0.172. The molecule has 0 amide bonds. The minimum Gasteiger partial charge on any atom is -0.457 e. The van der Waals surface area contributed by atoms with Gasteiger partial charge >= 0.3 is 0 Å². The molecule has 0 unspecified atom stereocenters. The van der Waals surface area contributed by atoms with Crippen LogP contribution < -0.4 is 14.4 Å². The van der Waals surface area contributed by atoms with Crippen molar-refractivity contribution in [2.24, 2.45) is 0 Å². The van der Waals surface area contributed by atoms with E-state index in [0.29, 0.717) is 0 Å². The van der Waals surface area contributed by atoms with E-state index in [2.05, 4.69) is 266 Å². The molecule has 2 spiro atoms. The number of anilines is 3. The Hall–Kier alpha value is -9.18. The number of benzene rings is 11. The number of rotatable bonds is 5. The first kappa shape index (κ1) is 39.8. The Kier molecular flexibility index (Phi) is 8.49. The fourth-order valence-corrected chi connectivity index (χ4v) is 12.8. The van der Waals surface area contributed by atoms with Gasteiger partial charge in [-0.3, -0.25) is 0 Å². The minimum atomic E-state index is -0.642. The zero-order chi connectivity index (χ0) is 46.7.